The van der Waals surface area contributed by atoms with Gasteiger partial charge >= 0.3 is 0 Å². The van der Waals surface area contributed by atoms with E-state index in [4.69, 9.17) is 10.8 Å². The summed E-state index contributed by atoms with van der Waals surface area (Å²) in [6.45, 7) is 1.25. The van der Waals surface area contributed by atoms with Crippen molar-refractivity contribution in [2.75, 3.05) is 19.7 Å². The fourth-order valence-electron chi connectivity index (χ4n) is 1.70. The lowest BCUT2D eigenvalue weighted by Crippen LogP contribution is -2.40. The number of rotatable bonds is 5. The Hall–Kier alpha value is -0.610. The molecule has 0 unspecified atom stereocenters. The first-order valence-corrected chi connectivity index (χ1v) is 5.26. The Bertz CT molecular complexity index is 245. The molecular formula is C10H18N2O2. The third-order valence-electron chi connectivity index (χ3n) is 3.64. The van der Waals surface area contributed by atoms with Gasteiger partial charge in [-0.05, 0) is 25.7 Å². The number of carbonyl (C=O) groups is 1. The molecule has 0 aromatic heterocycles. The molecule has 0 bridgehead atoms. The van der Waals surface area contributed by atoms with E-state index in [1.54, 1.807) is 0 Å². The van der Waals surface area contributed by atoms with Crippen LogP contribution in [-0.4, -0.2) is 30.7 Å². The Morgan fingerprint density at radius 2 is 2.00 bits per heavy atom. The molecule has 0 radical (unpaired) electrons. The largest absolute Gasteiger partial charge is 0.396 e. The van der Waals surface area contributed by atoms with Crippen LogP contribution >= 0.6 is 0 Å². The summed E-state index contributed by atoms with van der Waals surface area (Å²) >= 11 is 0. The predicted molar refractivity (Wildman–Crippen MR) is 52.5 cm³/mol. The van der Waals surface area contributed by atoms with E-state index in [0.717, 1.165) is 25.7 Å². The monoisotopic (exact) mass is 198 g/mol. The molecule has 0 heterocycles. The van der Waals surface area contributed by atoms with Gasteiger partial charge < -0.3 is 16.2 Å². The highest BCUT2D eigenvalue weighted by molar-refractivity contribution is 5.85. The fourth-order valence-corrected chi connectivity index (χ4v) is 1.70. The highest BCUT2D eigenvalue weighted by atomic mass is 16.3. The van der Waals surface area contributed by atoms with Crippen molar-refractivity contribution in [2.24, 2.45) is 16.6 Å². The second-order valence-corrected chi connectivity index (χ2v) is 4.83. The minimum absolute atomic E-state index is 0.000336. The van der Waals surface area contributed by atoms with E-state index in [-0.39, 0.29) is 23.3 Å². The van der Waals surface area contributed by atoms with Crippen LogP contribution < -0.4 is 11.1 Å². The molecular weight excluding hydrogens is 180 g/mol. The summed E-state index contributed by atoms with van der Waals surface area (Å²) in [4.78, 5) is 11.7. The fraction of sp³-hybridized carbons (Fsp3) is 0.900. The normalized spacial score (nSPS) is 25.6. The van der Waals surface area contributed by atoms with E-state index in [1.807, 2.05) is 0 Å². The molecule has 2 fully saturated rings. The first kappa shape index (κ1) is 9.93. The Labute approximate surface area is 83.9 Å². The van der Waals surface area contributed by atoms with Crippen molar-refractivity contribution >= 4 is 5.91 Å². The zero-order valence-electron chi connectivity index (χ0n) is 8.38. The van der Waals surface area contributed by atoms with Gasteiger partial charge in [-0.3, -0.25) is 4.79 Å². The highest BCUT2D eigenvalue weighted by Gasteiger charge is 2.50. The molecule has 2 aliphatic rings. The van der Waals surface area contributed by atoms with Crippen molar-refractivity contribution in [3.63, 3.8) is 0 Å². The van der Waals surface area contributed by atoms with Crippen molar-refractivity contribution < 1.29 is 9.90 Å². The van der Waals surface area contributed by atoms with Gasteiger partial charge in [0.05, 0.1) is 12.0 Å². The minimum Gasteiger partial charge on any atom is -0.396 e. The van der Waals surface area contributed by atoms with Crippen LogP contribution in [0, 0.1) is 10.8 Å². The van der Waals surface area contributed by atoms with Crippen molar-refractivity contribution in [1.29, 1.82) is 0 Å². The number of hydrogen-bond donors (Lipinski definition) is 3. The second-order valence-electron chi connectivity index (χ2n) is 4.83. The summed E-state index contributed by atoms with van der Waals surface area (Å²) in [5, 5.41) is 12.0. The van der Waals surface area contributed by atoms with Crippen LogP contribution in [0.25, 0.3) is 0 Å². The number of hydrogen-bond acceptors (Lipinski definition) is 3. The van der Waals surface area contributed by atoms with E-state index in [9.17, 15) is 4.79 Å². The highest BCUT2D eigenvalue weighted by Crippen LogP contribution is 2.47. The Balaban J connectivity index is 1.78. The number of carbonyl (C=O) groups excluding carboxylic acids is 1. The molecule has 2 aliphatic carbocycles. The molecule has 4 heteroatoms. The zero-order chi connectivity index (χ0) is 10.2. The maximum atomic E-state index is 11.7. The lowest BCUT2D eigenvalue weighted by Gasteiger charge is -2.16. The average molecular weight is 198 g/mol. The first-order chi connectivity index (χ1) is 6.66. The molecule has 80 valence electrons. The van der Waals surface area contributed by atoms with E-state index in [1.165, 1.54) is 0 Å². The standard InChI is InChI=1S/C10H18N2O2/c11-5-10(3-4-10)8(14)12-6-9(7-13)1-2-9/h13H,1-7,11H2,(H,12,14). The lowest BCUT2D eigenvalue weighted by molar-refractivity contribution is -0.126. The number of aliphatic hydroxyl groups is 1. The van der Waals surface area contributed by atoms with Gasteiger partial charge in [-0.15, -0.1) is 0 Å². The SMILES string of the molecule is NCC1(C(=O)NCC2(CO)CC2)CC1. The molecule has 0 spiro atoms. The van der Waals surface area contributed by atoms with Crippen molar-refractivity contribution in [3.8, 4) is 0 Å². The van der Waals surface area contributed by atoms with Gasteiger partial charge in [0, 0.05) is 18.5 Å². The van der Waals surface area contributed by atoms with Crippen molar-refractivity contribution in [3.05, 3.63) is 0 Å². The number of nitrogens with one attached hydrogen (secondary N) is 1. The van der Waals surface area contributed by atoms with Crippen LogP contribution in [0.2, 0.25) is 0 Å². The number of amides is 1. The summed E-state index contributed by atoms with van der Waals surface area (Å²) in [5.74, 6) is 0.0831. The second kappa shape index (κ2) is 3.21. The van der Waals surface area contributed by atoms with Crippen molar-refractivity contribution in [1.82, 2.24) is 5.32 Å². The summed E-state index contributed by atoms with van der Waals surface area (Å²) in [7, 11) is 0. The Kier molecular flexibility index (Phi) is 2.27. The molecule has 14 heavy (non-hydrogen) atoms. The van der Waals surface area contributed by atoms with Crippen LogP contribution in [0.1, 0.15) is 25.7 Å². The van der Waals surface area contributed by atoms with E-state index >= 15 is 0 Å². The molecule has 2 saturated carbocycles. The number of nitrogens with two attached hydrogens (primary N) is 1. The summed E-state index contributed by atoms with van der Waals surface area (Å²) in [6.07, 6.45) is 3.89. The van der Waals surface area contributed by atoms with Gasteiger partial charge in [0.2, 0.25) is 5.91 Å². The average Bonchev–Trinajstić information content (AvgIpc) is 3.10. The third-order valence-corrected chi connectivity index (χ3v) is 3.64. The molecule has 4 N–H and O–H groups in total. The molecule has 0 aromatic carbocycles. The van der Waals surface area contributed by atoms with Crippen LogP contribution in [-0.2, 0) is 4.79 Å². The van der Waals surface area contributed by atoms with E-state index < -0.39 is 0 Å². The van der Waals surface area contributed by atoms with Crippen molar-refractivity contribution in [2.45, 2.75) is 25.7 Å². The van der Waals surface area contributed by atoms with Gasteiger partial charge in [0.1, 0.15) is 0 Å². The molecule has 4 nitrogen and oxygen atoms in total. The van der Waals surface area contributed by atoms with Crippen LogP contribution in [0.3, 0.4) is 0 Å². The smallest absolute Gasteiger partial charge is 0.227 e. The zero-order valence-corrected chi connectivity index (χ0v) is 8.38. The topological polar surface area (TPSA) is 75.4 Å². The molecule has 1 amide bonds. The predicted octanol–water partition coefficient (Wildman–Crippen LogP) is -0.386. The van der Waals surface area contributed by atoms with Crippen LogP contribution in [0.15, 0.2) is 0 Å². The van der Waals surface area contributed by atoms with Crippen LogP contribution in [0.4, 0.5) is 0 Å². The Morgan fingerprint density at radius 3 is 2.36 bits per heavy atom. The van der Waals surface area contributed by atoms with Crippen LogP contribution in [0.5, 0.6) is 0 Å². The molecule has 0 atom stereocenters. The molecule has 0 aliphatic heterocycles. The number of aliphatic hydroxyl groups excluding tert-OH is 1. The third kappa shape index (κ3) is 1.64. The van der Waals surface area contributed by atoms with Gasteiger partial charge in [0.25, 0.3) is 0 Å². The summed E-state index contributed by atoms with van der Waals surface area (Å²) < 4.78 is 0. The minimum atomic E-state index is -0.258. The summed E-state index contributed by atoms with van der Waals surface area (Å²) in [5.41, 5.74) is 5.29. The van der Waals surface area contributed by atoms with Gasteiger partial charge in [-0.2, -0.15) is 0 Å². The first-order valence-electron chi connectivity index (χ1n) is 5.26. The molecule has 2 rings (SSSR count). The van der Waals surface area contributed by atoms with Gasteiger partial charge in [-0.25, -0.2) is 0 Å². The Morgan fingerprint density at radius 1 is 1.36 bits per heavy atom. The molecule has 0 aromatic rings. The maximum absolute atomic E-state index is 11.7. The van der Waals surface area contributed by atoms with E-state index in [0.29, 0.717) is 13.1 Å². The van der Waals surface area contributed by atoms with E-state index in [2.05, 4.69) is 5.32 Å². The van der Waals surface area contributed by atoms with Gasteiger partial charge in [0.15, 0.2) is 0 Å². The lowest BCUT2D eigenvalue weighted by atomic mass is 10.1. The maximum Gasteiger partial charge on any atom is 0.227 e. The summed E-state index contributed by atoms with van der Waals surface area (Å²) in [6, 6.07) is 0. The molecule has 0 saturated heterocycles. The quantitative estimate of drug-likeness (QED) is 0.563. The van der Waals surface area contributed by atoms with Gasteiger partial charge in [-0.1, -0.05) is 0 Å².